The lowest BCUT2D eigenvalue weighted by Gasteiger charge is -2.26. The van der Waals surface area contributed by atoms with E-state index >= 15 is 0 Å². The molecule has 0 N–H and O–H groups in total. The Labute approximate surface area is 136 Å². The van der Waals surface area contributed by atoms with Gasteiger partial charge in [0.25, 0.3) is 9.84 Å². The van der Waals surface area contributed by atoms with Crippen molar-refractivity contribution in [1.82, 2.24) is 0 Å². The first-order valence-corrected chi connectivity index (χ1v) is 9.37. The normalized spacial score (nSPS) is 23.3. The highest BCUT2D eigenvalue weighted by Crippen LogP contribution is 2.30. The molecule has 9 heteroatoms. The first-order valence-electron chi connectivity index (χ1n) is 6.59. The first kappa shape index (κ1) is 18.3. The number of alkyl halides is 3. The fraction of sp³-hybridized carbons (Fsp3) is 0.429. The summed E-state index contributed by atoms with van der Waals surface area (Å²) in [5.41, 5.74) is -4.76. The molecule has 128 valence electrons. The number of benzene rings is 1. The van der Waals surface area contributed by atoms with Crippen LogP contribution in [-0.2, 0) is 19.3 Å². The van der Waals surface area contributed by atoms with Gasteiger partial charge in [-0.1, -0.05) is 18.2 Å². The van der Waals surface area contributed by atoms with Gasteiger partial charge in [-0.05, 0) is 30.0 Å². The highest BCUT2D eigenvalue weighted by atomic mass is 32.2. The van der Waals surface area contributed by atoms with Crippen LogP contribution in [0.3, 0.4) is 0 Å². The summed E-state index contributed by atoms with van der Waals surface area (Å²) in [6, 6.07) is 4.44. The molecule has 0 radical (unpaired) electrons. The van der Waals surface area contributed by atoms with Crippen molar-refractivity contribution >= 4 is 27.7 Å². The van der Waals surface area contributed by atoms with Crippen LogP contribution in [0, 0.1) is 0 Å². The van der Waals surface area contributed by atoms with E-state index in [4.69, 9.17) is 9.47 Å². The van der Waals surface area contributed by atoms with E-state index in [2.05, 4.69) is 0 Å². The van der Waals surface area contributed by atoms with Gasteiger partial charge in [0, 0.05) is 0 Å². The van der Waals surface area contributed by atoms with Gasteiger partial charge in [0.15, 0.2) is 6.29 Å². The van der Waals surface area contributed by atoms with Crippen LogP contribution in [0.15, 0.2) is 35.2 Å². The summed E-state index contributed by atoms with van der Waals surface area (Å²) in [5.74, 6) is 0. The highest BCUT2D eigenvalue weighted by Gasteiger charge is 2.46. The van der Waals surface area contributed by atoms with Gasteiger partial charge in [0.2, 0.25) is 0 Å². The minimum atomic E-state index is -5.31. The summed E-state index contributed by atoms with van der Waals surface area (Å²) in [4.78, 5) is -0.782. The van der Waals surface area contributed by atoms with Crippen LogP contribution in [0.1, 0.15) is 5.56 Å². The Bertz CT molecular complexity index is 646. The SMILES string of the molecule is CSC1COC(C=Cc2ccc(S(=O)(=O)C(F)(F)F)cc2)OC1. The van der Waals surface area contributed by atoms with Gasteiger partial charge in [-0.25, -0.2) is 8.42 Å². The Morgan fingerprint density at radius 2 is 1.74 bits per heavy atom. The summed E-state index contributed by atoms with van der Waals surface area (Å²) in [5, 5.41) is 0.284. The van der Waals surface area contributed by atoms with E-state index in [9.17, 15) is 21.6 Å². The molecule has 1 fully saturated rings. The zero-order chi connectivity index (χ0) is 17.1. The summed E-state index contributed by atoms with van der Waals surface area (Å²) < 4.78 is 70.7. The second kappa shape index (κ2) is 7.25. The van der Waals surface area contributed by atoms with Crippen molar-refractivity contribution in [3.05, 3.63) is 35.9 Å². The van der Waals surface area contributed by atoms with Gasteiger partial charge < -0.3 is 9.47 Å². The van der Waals surface area contributed by atoms with E-state index in [1.54, 1.807) is 23.9 Å². The van der Waals surface area contributed by atoms with Gasteiger partial charge >= 0.3 is 5.51 Å². The molecule has 0 aromatic heterocycles. The molecule has 1 aliphatic heterocycles. The Kier molecular flexibility index (Phi) is 5.77. The molecule has 4 nitrogen and oxygen atoms in total. The number of hydrogen-bond donors (Lipinski definition) is 0. The number of halogens is 3. The molecule has 1 aromatic rings. The number of hydrogen-bond acceptors (Lipinski definition) is 5. The van der Waals surface area contributed by atoms with Crippen molar-refractivity contribution in [2.75, 3.05) is 19.5 Å². The Balaban J connectivity index is 2.02. The van der Waals surface area contributed by atoms with Crippen molar-refractivity contribution in [2.24, 2.45) is 0 Å². The minimum absolute atomic E-state index is 0.284. The summed E-state index contributed by atoms with van der Waals surface area (Å²) in [6.45, 7) is 1.11. The number of thioether (sulfide) groups is 1. The second-order valence-electron chi connectivity index (χ2n) is 4.77. The molecule has 0 amide bonds. The standard InChI is InChI=1S/C14H15F3O4S2/c1-22-11-8-20-13(21-9-11)7-4-10-2-5-12(6-3-10)23(18,19)14(15,16)17/h2-7,11,13H,8-9H2,1H3. The first-order chi connectivity index (χ1) is 10.7. The maximum absolute atomic E-state index is 12.4. The molecule has 0 unspecified atom stereocenters. The van der Waals surface area contributed by atoms with Gasteiger partial charge in [0.1, 0.15) is 0 Å². The number of sulfone groups is 1. The van der Waals surface area contributed by atoms with Gasteiger partial charge in [-0.2, -0.15) is 24.9 Å². The van der Waals surface area contributed by atoms with E-state index < -0.39 is 26.5 Å². The topological polar surface area (TPSA) is 52.6 Å². The fourth-order valence-corrected chi connectivity index (χ4v) is 3.02. The highest BCUT2D eigenvalue weighted by molar-refractivity contribution is 7.99. The third-order valence-electron chi connectivity index (χ3n) is 3.17. The molecule has 2 rings (SSSR count). The van der Waals surface area contributed by atoms with Crippen molar-refractivity contribution in [3.8, 4) is 0 Å². The molecule has 1 aromatic carbocycles. The van der Waals surface area contributed by atoms with E-state index in [0.717, 1.165) is 12.1 Å². The van der Waals surface area contributed by atoms with Crippen LogP contribution in [-0.4, -0.2) is 44.9 Å². The molecule has 0 spiro atoms. The van der Waals surface area contributed by atoms with Crippen molar-refractivity contribution in [3.63, 3.8) is 0 Å². The monoisotopic (exact) mass is 368 g/mol. The van der Waals surface area contributed by atoms with E-state index in [-0.39, 0.29) is 5.25 Å². The van der Waals surface area contributed by atoms with Gasteiger partial charge in [-0.3, -0.25) is 0 Å². The quantitative estimate of drug-likeness (QED) is 0.817. The third kappa shape index (κ3) is 4.50. The Morgan fingerprint density at radius 3 is 2.22 bits per heavy atom. The average Bonchev–Trinajstić information content (AvgIpc) is 2.53. The Hall–Kier alpha value is -1.03. The molecular formula is C14H15F3O4S2. The maximum Gasteiger partial charge on any atom is 0.501 e. The zero-order valence-corrected chi connectivity index (χ0v) is 13.7. The smallest absolute Gasteiger partial charge is 0.348 e. The van der Waals surface area contributed by atoms with Crippen molar-refractivity contribution in [2.45, 2.75) is 21.9 Å². The summed E-state index contributed by atoms with van der Waals surface area (Å²) in [7, 11) is -5.31. The molecule has 23 heavy (non-hydrogen) atoms. The molecule has 1 saturated heterocycles. The lowest BCUT2D eigenvalue weighted by Crippen LogP contribution is -2.32. The summed E-state index contributed by atoms with van der Waals surface area (Å²) >= 11 is 1.65. The van der Waals surface area contributed by atoms with Gasteiger partial charge in [-0.15, -0.1) is 0 Å². The molecule has 0 atom stereocenters. The molecule has 0 aliphatic carbocycles. The van der Waals surface area contributed by atoms with E-state index in [1.165, 1.54) is 12.1 Å². The molecular weight excluding hydrogens is 353 g/mol. The van der Waals surface area contributed by atoms with Gasteiger partial charge in [0.05, 0.1) is 23.4 Å². The predicted octanol–water partition coefficient (Wildman–Crippen LogP) is 3.10. The largest absolute Gasteiger partial charge is 0.501 e. The number of rotatable bonds is 4. The van der Waals surface area contributed by atoms with Crippen LogP contribution < -0.4 is 0 Å². The zero-order valence-electron chi connectivity index (χ0n) is 12.1. The molecule has 1 aliphatic rings. The summed E-state index contributed by atoms with van der Waals surface area (Å²) in [6.07, 6.45) is 4.68. The third-order valence-corrected chi connectivity index (χ3v) is 5.61. The minimum Gasteiger partial charge on any atom is -0.348 e. The van der Waals surface area contributed by atoms with Crippen LogP contribution in [0.2, 0.25) is 0 Å². The molecule has 0 saturated carbocycles. The Morgan fingerprint density at radius 1 is 1.17 bits per heavy atom. The van der Waals surface area contributed by atoms with Crippen LogP contribution >= 0.6 is 11.8 Å². The second-order valence-corrected chi connectivity index (χ2v) is 7.85. The lowest BCUT2D eigenvalue weighted by atomic mass is 10.2. The lowest BCUT2D eigenvalue weighted by molar-refractivity contribution is -0.145. The molecule has 0 bridgehead atoms. The predicted molar refractivity (Wildman–Crippen MR) is 81.7 cm³/mol. The van der Waals surface area contributed by atoms with E-state index in [0.29, 0.717) is 18.8 Å². The maximum atomic E-state index is 12.4. The van der Waals surface area contributed by atoms with Crippen molar-refractivity contribution < 1.29 is 31.1 Å². The number of ether oxygens (including phenoxy) is 2. The van der Waals surface area contributed by atoms with E-state index in [1.807, 2.05) is 6.26 Å². The van der Waals surface area contributed by atoms with Crippen LogP contribution in [0.25, 0.3) is 6.08 Å². The van der Waals surface area contributed by atoms with Crippen molar-refractivity contribution in [1.29, 1.82) is 0 Å². The average molecular weight is 368 g/mol. The fourth-order valence-electron chi connectivity index (χ4n) is 1.83. The van der Waals surface area contributed by atoms with Crippen LogP contribution in [0.4, 0.5) is 13.2 Å². The van der Waals surface area contributed by atoms with Crippen LogP contribution in [0.5, 0.6) is 0 Å². The molecule has 1 heterocycles.